The first-order chi connectivity index (χ1) is 10.6. The molecule has 6 nitrogen and oxygen atoms in total. The number of hydrogen-bond acceptors (Lipinski definition) is 4. The van der Waals surface area contributed by atoms with Gasteiger partial charge < -0.3 is 10.1 Å². The van der Waals surface area contributed by atoms with Crippen molar-refractivity contribution in [2.75, 3.05) is 13.2 Å². The molecule has 0 unspecified atom stereocenters. The number of fused-ring (bicyclic) bond motifs is 1. The summed E-state index contributed by atoms with van der Waals surface area (Å²) in [4.78, 5) is 24.3. The van der Waals surface area contributed by atoms with Gasteiger partial charge in [-0.3, -0.25) is 4.79 Å². The summed E-state index contributed by atoms with van der Waals surface area (Å²) in [6.07, 6.45) is 0.537. The lowest BCUT2D eigenvalue weighted by Crippen LogP contribution is -2.33. The highest BCUT2D eigenvalue weighted by atomic mass is 35.5. The van der Waals surface area contributed by atoms with Crippen molar-refractivity contribution in [1.82, 2.24) is 15.1 Å². The zero-order chi connectivity index (χ0) is 15.7. The molecule has 1 aromatic carbocycles. The van der Waals surface area contributed by atoms with Crippen molar-refractivity contribution in [3.63, 3.8) is 0 Å². The normalized spacial score (nSPS) is 13.5. The molecule has 0 atom stereocenters. The summed E-state index contributed by atoms with van der Waals surface area (Å²) in [6, 6.07) is 6.95. The standard InChI is InChI=1S/C15H14ClN3O3/c1-2-22-15(21)12-11-6-7-17-14(20)13(11)19(18-12)10-5-3-4-9(16)8-10/h3-5,8H,2,6-7H2,1H3,(H,17,20). The first-order valence-corrected chi connectivity index (χ1v) is 7.32. The summed E-state index contributed by atoms with van der Waals surface area (Å²) in [5.74, 6) is -0.779. The molecule has 0 radical (unpaired) electrons. The first kappa shape index (κ1) is 14.6. The molecule has 1 N–H and O–H groups in total. The van der Waals surface area contributed by atoms with Crippen molar-refractivity contribution in [2.45, 2.75) is 13.3 Å². The topological polar surface area (TPSA) is 73.2 Å². The van der Waals surface area contributed by atoms with E-state index in [0.29, 0.717) is 34.9 Å². The Morgan fingerprint density at radius 2 is 2.32 bits per heavy atom. The van der Waals surface area contributed by atoms with Gasteiger partial charge in [-0.2, -0.15) is 5.10 Å². The molecule has 0 saturated carbocycles. The molecule has 0 fully saturated rings. The number of nitrogens with zero attached hydrogens (tertiary/aromatic N) is 2. The molecule has 0 spiro atoms. The summed E-state index contributed by atoms with van der Waals surface area (Å²) in [5, 5.41) is 7.58. The molecule has 1 aliphatic rings. The molecule has 7 heteroatoms. The molecule has 114 valence electrons. The fraction of sp³-hybridized carbons (Fsp3) is 0.267. The van der Waals surface area contributed by atoms with Gasteiger partial charge in [0.25, 0.3) is 5.91 Å². The van der Waals surface area contributed by atoms with Crippen LogP contribution in [0.2, 0.25) is 5.02 Å². The molecular formula is C15H14ClN3O3. The third-order valence-corrected chi connectivity index (χ3v) is 3.62. The lowest BCUT2D eigenvalue weighted by molar-refractivity contribution is 0.0517. The van der Waals surface area contributed by atoms with Crippen LogP contribution in [0, 0.1) is 0 Å². The highest BCUT2D eigenvalue weighted by Crippen LogP contribution is 2.24. The zero-order valence-corrected chi connectivity index (χ0v) is 12.7. The second-order valence-corrected chi connectivity index (χ2v) is 5.23. The minimum Gasteiger partial charge on any atom is -0.461 e. The van der Waals surface area contributed by atoms with Crippen molar-refractivity contribution >= 4 is 23.5 Å². The van der Waals surface area contributed by atoms with E-state index in [1.54, 1.807) is 31.2 Å². The van der Waals surface area contributed by atoms with Crippen LogP contribution in [0.25, 0.3) is 5.69 Å². The summed E-state index contributed by atoms with van der Waals surface area (Å²) < 4.78 is 6.48. The maximum atomic E-state index is 12.2. The summed E-state index contributed by atoms with van der Waals surface area (Å²) in [7, 11) is 0. The Bertz CT molecular complexity index is 754. The molecule has 2 heterocycles. The summed E-state index contributed by atoms with van der Waals surface area (Å²) >= 11 is 6.00. The number of amides is 1. The van der Waals surface area contributed by atoms with E-state index in [9.17, 15) is 9.59 Å². The highest BCUT2D eigenvalue weighted by molar-refractivity contribution is 6.30. The maximum Gasteiger partial charge on any atom is 0.359 e. The fourth-order valence-electron chi connectivity index (χ4n) is 2.46. The summed E-state index contributed by atoms with van der Waals surface area (Å²) in [5.41, 5.74) is 1.78. The Morgan fingerprint density at radius 1 is 1.50 bits per heavy atom. The average molecular weight is 320 g/mol. The van der Waals surface area contributed by atoms with Gasteiger partial charge in [0.2, 0.25) is 0 Å². The number of carbonyl (C=O) groups is 2. The Balaban J connectivity index is 2.18. The number of carbonyl (C=O) groups excluding carboxylic acids is 2. The van der Waals surface area contributed by atoms with Crippen LogP contribution in [-0.4, -0.2) is 34.8 Å². The number of halogens is 1. The largest absolute Gasteiger partial charge is 0.461 e. The van der Waals surface area contributed by atoms with E-state index < -0.39 is 5.97 Å². The average Bonchev–Trinajstić information content (AvgIpc) is 2.88. The molecular weight excluding hydrogens is 306 g/mol. The van der Waals surface area contributed by atoms with E-state index in [0.717, 1.165) is 0 Å². The zero-order valence-electron chi connectivity index (χ0n) is 11.9. The molecule has 3 rings (SSSR count). The third kappa shape index (κ3) is 2.46. The van der Waals surface area contributed by atoms with Crippen molar-refractivity contribution in [3.8, 4) is 5.69 Å². The number of ether oxygens (including phenoxy) is 1. The number of hydrogen-bond donors (Lipinski definition) is 1. The van der Waals surface area contributed by atoms with Gasteiger partial charge in [-0.05, 0) is 31.5 Å². The van der Waals surface area contributed by atoms with Crippen molar-refractivity contribution in [3.05, 3.63) is 46.2 Å². The Hall–Kier alpha value is -2.34. The van der Waals surface area contributed by atoms with Crippen molar-refractivity contribution in [2.24, 2.45) is 0 Å². The smallest absolute Gasteiger partial charge is 0.359 e. The molecule has 1 aliphatic heterocycles. The van der Waals surface area contributed by atoms with E-state index >= 15 is 0 Å². The Kier molecular flexibility index (Phi) is 3.85. The second kappa shape index (κ2) is 5.81. The molecule has 0 saturated heterocycles. The van der Waals surface area contributed by atoms with Crippen LogP contribution >= 0.6 is 11.6 Å². The molecule has 2 aromatic rings. The quantitative estimate of drug-likeness (QED) is 0.878. The lowest BCUT2D eigenvalue weighted by Gasteiger charge is -2.14. The SMILES string of the molecule is CCOC(=O)c1nn(-c2cccc(Cl)c2)c2c1CCNC2=O. The van der Waals surface area contributed by atoms with E-state index in [4.69, 9.17) is 16.3 Å². The van der Waals surface area contributed by atoms with Gasteiger partial charge in [-0.25, -0.2) is 9.48 Å². The Morgan fingerprint density at radius 3 is 3.05 bits per heavy atom. The van der Waals surface area contributed by atoms with Crippen molar-refractivity contribution < 1.29 is 14.3 Å². The molecule has 0 bridgehead atoms. The molecule has 1 amide bonds. The minimum absolute atomic E-state index is 0.187. The predicted molar refractivity (Wildman–Crippen MR) is 80.6 cm³/mol. The Labute approximate surface area is 132 Å². The van der Waals surface area contributed by atoms with Crippen LogP contribution in [0.15, 0.2) is 24.3 Å². The monoisotopic (exact) mass is 319 g/mol. The molecule has 0 aliphatic carbocycles. The van der Waals surface area contributed by atoms with E-state index in [-0.39, 0.29) is 18.2 Å². The van der Waals surface area contributed by atoms with Gasteiger partial charge in [-0.1, -0.05) is 17.7 Å². The van der Waals surface area contributed by atoms with Crippen LogP contribution in [0.3, 0.4) is 0 Å². The van der Waals surface area contributed by atoms with Crippen LogP contribution in [0.1, 0.15) is 33.5 Å². The lowest BCUT2D eigenvalue weighted by atomic mass is 10.1. The third-order valence-electron chi connectivity index (χ3n) is 3.38. The van der Waals surface area contributed by atoms with E-state index in [1.165, 1.54) is 4.68 Å². The molecule has 1 aromatic heterocycles. The molecule has 22 heavy (non-hydrogen) atoms. The maximum absolute atomic E-state index is 12.2. The van der Waals surface area contributed by atoms with Crippen LogP contribution in [0.5, 0.6) is 0 Å². The van der Waals surface area contributed by atoms with Crippen LogP contribution in [-0.2, 0) is 11.2 Å². The predicted octanol–water partition coefficient (Wildman–Crippen LogP) is 1.99. The van der Waals surface area contributed by atoms with Gasteiger partial charge in [0.1, 0.15) is 5.69 Å². The number of benzene rings is 1. The van der Waals surface area contributed by atoms with E-state index in [2.05, 4.69) is 10.4 Å². The van der Waals surface area contributed by atoms with Gasteiger partial charge in [-0.15, -0.1) is 0 Å². The van der Waals surface area contributed by atoms with Crippen LogP contribution < -0.4 is 5.32 Å². The van der Waals surface area contributed by atoms with Gasteiger partial charge in [0.15, 0.2) is 5.69 Å². The summed E-state index contributed by atoms with van der Waals surface area (Å²) in [6.45, 7) is 2.45. The number of nitrogens with one attached hydrogen (secondary N) is 1. The second-order valence-electron chi connectivity index (χ2n) is 4.79. The van der Waals surface area contributed by atoms with Crippen molar-refractivity contribution in [1.29, 1.82) is 0 Å². The first-order valence-electron chi connectivity index (χ1n) is 6.95. The highest BCUT2D eigenvalue weighted by Gasteiger charge is 2.30. The number of esters is 1. The number of aromatic nitrogens is 2. The van der Waals surface area contributed by atoms with E-state index in [1.807, 2.05) is 0 Å². The fourth-order valence-corrected chi connectivity index (χ4v) is 2.65. The van der Waals surface area contributed by atoms with Gasteiger partial charge >= 0.3 is 5.97 Å². The van der Waals surface area contributed by atoms with Gasteiger partial charge in [0.05, 0.1) is 12.3 Å². The van der Waals surface area contributed by atoms with Gasteiger partial charge in [0, 0.05) is 17.1 Å². The number of rotatable bonds is 3. The minimum atomic E-state index is -0.519. The van der Waals surface area contributed by atoms with Crippen LogP contribution in [0.4, 0.5) is 0 Å².